The van der Waals surface area contributed by atoms with Crippen molar-refractivity contribution in [1.29, 1.82) is 0 Å². The Hall–Kier alpha value is -0.400. The van der Waals surface area contributed by atoms with E-state index in [1.54, 1.807) is 6.07 Å². The number of hydrogen-bond acceptors (Lipinski definition) is 1. The van der Waals surface area contributed by atoms with Crippen molar-refractivity contribution in [3.05, 3.63) is 28.2 Å². The number of nitrogens with one attached hydrogen (secondary N) is 1. The lowest BCUT2D eigenvalue weighted by molar-refractivity contribution is 0.163. The maximum absolute atomic E-state index is 6.07. The Morgan fingerprint density at radius 2 is 1.58 bits per heavy atom. The molecule has 0 aromatic heterocycles. The third kappa shape index (κ3) is 4.03. The molecule has 0 spiro atoms. The van der Waals surface area contributed by atoms with E-state index in [2.05, 4.69) is 26.1 Å². The molecule has 0 amide bonds. The monoisotopic (exact) mass is 299 g/mol. The first-order chi connectivity index (χ1) is 8.86. The SMILES string of the molecule is CC(C)(C)C1CCCCC1Nc1cc(Cl)cc(Cl)c1. The van der Waals surface area contributed by atoms with Gasteiger partial charge in [-0.3, -0.25) is 0 Å². The summed E-state index contributed by atoms with van der Waals surface area (Å²) in [4.78, 5) is 0. The van der Waals surface area contributed by atoms with Crippen molar-refractivity contribution in [1.82, 2.24) is 0 Å². The number of anilines is 1. The number of hydrogen-bond donors (Lipinski definition) is 1. The van der Waals surface area contributed by atoms with Crippen LogP contribution in [0.1, 0.15) is 46.5 Å². The predicted molar refractivity (Wildman–Crippen MR) is 85.3 cm³/mol. The Morgan fingerprint density at radius 3 is 2.16 bits per heavy atom. The zero-order valence-electron chi connectivity index (χ0n) is 12.0. The van der Waals surface area contributed by atoms with Crippen molar-refractivity contribution in [2.45, 2.75) is 52.5 Å². The summed E-state index contributed by atoms with van der Waals surface area (Å²) in [6.07, 6.45) is 5.18. The van der Waals surface area contributed by atoms with Crippen LogP contribution in [0.25, 0.3) is 0 Å². The summed E-state index contributed by atoms with van der Waals surface area (Å²) in [5, 5.41) is 5.04. The minimum atomic E-state index is 0.334. The quantitative estimate of drug-likeness (QED) is 0.705. The Balaban J connectivity index is 2.15. The van der Waals surface area contributed by atoms with Gasteiger partial charge in [-0.25, -0.2) is 0 Å². The first kappa shape index (κ1) is 15.0. The average molecular weight is 300 g/mol. The second-order valence-corrected chi connectivity index (χ2v) is 7.54. The molecule has 0 aliphatic heterocycles. The van der Waals surface area contributed by atoms with E-state index in [0.717, 1.165) is 5.69 Å². The summed E-state index contributed by atoms with van der Waals surface area (Å²) in [6, 6.07) is 6.21. The third-order valence-electron chi connectivity index (χ3n) is 4.09. The van der Waals surface area contributed by atoms with E-state index in [-0.39, 0.29) is 0 Å². The zero-order chi connectivity index (χ0) is 14.0. The number of benzene rings is 1. The molecule has 3 heteroatoms. The fourth-order valence-corrected chi connectivity index (χ4v) is 3.72. The molecule has 106 valence electrons. The van der Waals surface area contributed by atoms with Crippen LogP contribution in [0.5, 0.6) is 0 Å². The summed E-state index contributed by atoms with van der Waals surface area (Å²) >= 11 is 12.1. The Bertz CT molecular complexity index is 417. The molecule has 0 radical (unpaired) electrons. The standard InChI is InChI=1S/C16H23Cl2N/c1-16(2,3)14-6-4-5-7-15(14)19-13-9-11(17)8-12(18)10-13/h8-10,14-15,19H,4-7H2,1-3H3. The molecule has 0 bridgehead atoms. The van der Waals surface area contributed by atoms with Crippen molar-refractivity contribution in [3.8, 4) is 0 Å². The molecular formula is C16H23Cl2N. The summed E-state index contributed by atoms with van der Waals surface area (Å²) < 4.78 is 0. The van der Waals surface area contributed by atoms with Gasteiger partial charge in [0.15, 0.2) is 0 Å². The summed E-state index contributed by atoms with van der Waals surface area (Å²) in [6.45, 7) is 7.01. The lowest BCUT2D eigenvalue weighted by Crippen LogP contribution is -2.39. The normalized spacial score (nSPS) is 24.3. The van der Waals surface area contributed by atoms with Crippen molar-refractivity contribution < 1.29 is 0 Å². The Labute approximate surface area is 126 Å². The summed E-state index contributed by atoms with van der Waals surface area (Å²) in [7, 11) is 0. The van der Waals surface area contributed by atoms with Crippen LogP contribution < -0.4 is 5.32 Å². The predicted octanol–water partition coefficient (Wildman–Crippen LogP) is 6.01. The molecular weight excluding hydrogens is 277 g/mol. The Morgan fingerprint density at radius 1 is 1.00 bits per heavy atom. The van der Waals surface area contributed by atoms with Crippen LogP contribution in [0.3, 0.4) is 0 Å². The molecule has 1 aromatic carbocycles. The van der Waals surface area contributed by atoms with Crippen LogP contribution in [-0.2, 0) is 0 Å². The summed E-state index contributed by atoms with van der Waals surface area (Å²) in [5.74, 6) is 0.694. The molecule has 19 heavy (non-hydrogen) atoms. The fraction of sp³-hybridized carbons (Fsp3) is 0.625. The highest BCUT2D eigenvalue weighted by molar-refractivity contribution is 6.35. The van der Waals surface area contributed by atoms with Gasteiger partial charge in [-0.1, -0.05) is 56.8 Å². The topological polar surface area (TPSA) is 12.0 Å². The molecule has 0 saturated heterocycles. The molecule has 1 saturated carbocycles. The maximum atomic E-state index is 6.07. The lowest BCUT2D eigenvalue weighted by Gasteiger charge is -2.41. The minimum Gasteiger partial charge on any atom is -0.382 e. The molecule has 1 nitrogen and oxygen atoms in total. The number of rotatable bonds is 2. The molecule has 1 aliphatic carbocycles. The van der Waals surface area contributed by atoms with Gasteiger partial charge < -0.3 is 5.32 Å². The van der Waals surface area contributed by atoms with Gasteiger partial charge in [0.1, 0.15) is 0 Å². The molecule has 2 rings (SSSR count). The van der Waals surface area contributed by atoms with Gasteiger partial charge in [-0.05, 0) is 42.4 Å². The third-order valence-corrected chi connectivity index (χ3v) is 4.53. The highest BCUT2D eigenvalue weighted by Gasteiger charge is 2.34. The smallest absolute Gasteiger partial charge is 0.0441 e. The van der Waals surface area contributed by atoms with E-state index in [1.807, 2.05) is 12.1 Å². The molecule has 2 unspecified atom stereocenters. The van der Waals surface area contributed by atoms with Gasteiger partial charge in [0.05, 0.1) is 0 Å². The van der Waals surface area contributed by atoms with Crippen molar-refractivity contribution in [2.24, 2.45) is 11.3 Å². The van der Waals surface area contributed by atoms with E-state index in [0.29, 0.717) is 27.4 Å². The largest absolute Gasteiger partial charge is 0.382 e. The second-order valence-electron chi connectivity index (χ2n) is 6.67. The molecule has 0 heterocycles. The van der Waals surface area contributed by atoms with Gasteiger partial charge in [0.25, 0.3) is 0 Å². The molecule has 1 N–H and O–H groups in total. The van der Waals surface area contributed by atoms with Crippen LogP contribution in [0.2, 0.25) is 10.0 Å². The lowest BCUT2D eigenvalue weighted by atomic mass is 9.69. The van der Waals surface area contributed by atoms with Gasteiger partial charge in [-0.15, -0.1) is 0 Å². The van der Waals surface area contributed by atoms with Crippen LogP contribution >= 0.6 is 23.2 Å². The summed E-state index contributed by atoms with van der Waals surface area (Å²) in [5.41, 5.74) is 1.37. The Kier molecular flexibility index (Phi) is 4.68. The van der Waals surface area contributed by atoms with E-state index in [1.165, 1.54) is 25.7 Å². The van der Waals surface area contributed by atoms with Gasteiger partial charge in [0, 0.05) is 21.8 Å². The highest BCUT2D eigenvalue weighted by atomic mass is 35.5. The number of halogens is 2. The van der Waals surface area contributed by atoms with Crippen LogP contribution in [0, 0.1) is 11.3 Å². The molecule has 1 aliphatic rings. The zero-order valence-corrected chi connectivity index (χ0v) is 13.5. The van der Waals surface area contributed by atoms with Crippen LogP contribution in [0.4, 0.5) is 5.69 Å². The van der Waals surface area contributed by atoms with Crippen LogP contribution in [-0.4, -0.2) is 6.04 Å². The van der Waals surface area contributed by atoms with Crippen molar-refractivity contribution >= 4 is 28.9 Å². The van der Waals surface area contributed by atoms with E-state index >= 15 is 0 Å². The van der Waals surface area contributed by atoms with E-state index in [9.17, 15) is 0 Å². The van der Waals surface area contributed by atoms with Gasteiger partial charge >= 0.3 is 0 Å². The molecule has 1 fully saturated rings. The van der Waals surface area contributed by atoms with E-state index in [4.69, 9.17) is 23.2 Å². The van der Waals surface area contributed by atoms with E-state index < -0.39 is 0 Å². The maximum Gasteiger partial charge on any atom is 0.0441 e. The van der Waals surface area contributed by atoms with Gasteiger partial charge in [0.2, 0.25) is 0 Å². The average Bonchev–Trinajstić information content (AvgIpc) is 2.26. The first-order valence-electron chi connectivity index (χ1n) is 7.09. The minimum absolute atomic E-state index is 0.334. The fourth-order valence-electron chi connectivity index (χ4n) is 3.19. The second kappa shape index (κ2) is 5.93. The highest BCUT2D eigenvalue weighted by Crippen LogP contribution is 2.39. The first-order valence-corrected chi connectivity index (χ1v) is 7.84. The molecule has 1 aromatic rings. The van der Waals surface area contributed by atoms with Gasteiger partial charge in [-0.2, -0.15) is 0 Å². The van der Waals surface area contributed by atoms with Crippen molar-refractivity contribution in [2.75, 3.05) is 5.32 Å². The van der Waals surface area contributed by atoms with Crippen LogP contribution in [0.15, 0.2) is 18.2 Å². The van der Waals surface area contributed by atoms with Crippen molar-refractivity contribution in [3.63, 3.8) is 0 Å². The molecule has 2 atom stereocenters.